The van der Waals surface area contributed by atoms with Crippen LogP contribution in [-0.2, 0) is 28.7 Å². The minimum absolute atomic E-state index is 0.0406. The molecule has 1 aromatic carbocycles. The second-order valence-corrected chi connectivity index (χ2v) is 6.59. The quantitative estimate of drug-likeness (QED) is 0.818. The summed E-state index contributed by atoms with van der Waals surface area (Å²) in [5.74, 6) is -0.198. The number of hydrogen-bond donors (Lipinski definition) is 0. The number of carbonyl (C=O) groups excluding carboxylic acids is 1. The van der Waals surface area contributed by atoms with Crippen LogP contribution in [0.3, 0.4) is 0 Å². The molecule has 138 valence electrons. The fraction of sp³-hybridized carbons (Fsp3) is 0.471. The molecule has 2 atom stereocenters. The highest BCUT2D eigenvalue weighted by atomic mass is 19.4. The van der Waals surface area contributed by atoms with E-state index in [9.17, 15) is 18.0 Å². The van der Waals surface area contributed by atoms with Crippen molar-refractivity contribution >= 4 is 5.91 Å². The highest BCUT2D eigenvalue weighted by molar-refractivity contribution is 5.79. The minimum Gasteiger partial charge on any atom is -0.368 e. The first-order valence-corrected chi connectivity index (χ1v) is 8.36. The van der Waals surface area contributed by atoms with Crippen molar-refractivity contribution in [3.8, 4) is 0 Å². The zero-order chi connectivity index (χ0) is 18.3. The highest BCUT2D eigenvalue weighted by Gasteiger charge is 2.37. The van der Waals surface area contributed by atoms with E-state index >= 15 is 0 Å². The molecule has 26 heavy (non-hydrogen) atoms. The summed E-state index contributed by atoms with van der Waals surface area (Å²) in [6, 6.07) is 4.94. The lowest BCUT2D eigenvalue weighted by atomic mass is 9.99. The van der Waals surface area contributed by atoms with Gasteiger partial charge in [-0.15, -0.1) is 5.10 Å². The van der Waals surface area contributed by atoms with Crippen molar-refractivity contribution in [2.75, 3.05) is 13.1 Å². The summed E-state index contributed by atoms with van der Waals surface area (Å²) >= 11 is 0. The van der Waals surface area contributed by atoms with Crippen molar-refractivity contribution < 1.29 is 22.7 Å². The molecule has 1 amide bonds. The molecule has 0 spiro atoms. The average molecular weight is 366 g/mol. The van der Waals surface area contributed by atoms with Gasteiger partial charge in [0.15, 0.2) is 0 Å². The third-order valence-electron chi connectivity index (χ3n) is 4.90. The molecule has 0 aliphatic carbocycles. The first kappa shape index (κ1) is 17.0. The monoisotopic (exact) mass is 366 g/mol. The summed E-state index contributed by atoms with van der Waals surface area (Å²) in [4.78, 5) is 14.2. The number of nitrogens with zero attached hydrogens (tertiary/aromatic N) is 4. The summed E-state index contributed by atoms with van der Waals surface area (Å²) in [5.41, 5.74) is 0.529. The highest BCUT2D eigenvalue weighted by Crippen LogP contribution is 2.31. The van der Waals surface area contributed by atoms with Crippen LogP contribution in [0.4, 0.5) is 13.2 Å². The van der Waals surface area contributed by atoms with Crippen molar-refractivity contribution in [3.05, 3.63) is 47.3 Å². The van der Waals surface area contributed by atoms with Crippen molar-refractivity contribution in [1.82, 2.24) is 19.9 Å². The number of likely N-dealkylation sites (tertiary alicyclic amines) is 1. The number of rotatable bonds is 2. The second-order valence-electron chi connectivity index (χ2n) is 6.59. The Kier molecular flexibility index (Phi) is 4.18. The van der Waals surface area contributed by atoms with E-state index in [0.717, 1.165) is 17.8 Å². The van der Waals surface area contributed by atoms with Gasteiger partial charge in [-0.05, 0) is 18.1 Å². The van der Waals surface area contributed by atoms with Gasteiger partial charge in [0.1, 0.15) is 0 Å². The molecule has 2 aliphatic heterocycles. The molecule has 1 fully saturated rings. The number of carbonyl (C=O) groups is 1. The Morgan fingerprint density at radius 2 is 2.19 bits per heavy atom. The van der Waals surface area contributed by atoms with Gasteiger partial charge in [-0.1, -0.05) is 23.4 Å². The van der Waals surface area contributed by atoms with Crippen LogP contribution < -0.4 is 0 Å². The number of aromatic nitrogens is 3. The van der Waals surface area contributed by atoms with Gasteiger partial charge in [0.2, 0.25) is 5.91 Å². The van der Waals surface area contributed by atoms with Crippen LogP contribution in [0.5, 0.6) is 0 Å². The molecule has 0 unspecified atom stereocenters. The predicted octanol–water partition coefficient (Wildman–Crippen LogP) is 2.21. The molecule has 0 saturated carbocycles. The lowest BCUT2D eigenvalue weighted by molar-refractivity contribution is -0.139. The average Bonchev–Trinajstić information content (AvgIpc) is 3.10. The molecule has 6 nitrogen and oxygen atoms in total. The molecule has 0 N–H and O–H groups in total. The van der Waals surface area contributed by atoms with Crippen LogP contribution in [0.25, 0.3) is 0 Å². The molecule has 2 aromatic rings. The standard InChI is InChI=1S/C17H17F3N4O2/c18-17(19,20)12-3-1-2-11(6-12)7-16(25)23-5-4-14-15(9-23)26-10-13-8-21-22-24(13)14/h1-3,6,8,14-15H,4-5,7,9-10H2/t14-,15-/m0/s1. The van der Waals surface area contributed by atoms with Crippen LogP contribution in [0.1, 0.15) is 29.3 Å². The van der Waals surface area contributed by atoms with Crippen LogP contribution >= 0.6 is 0 Å². The Balaban J connectivity index is 1.43. The van der Waals surface area contributed by atoms with Gasteiger partial charge in [0, 0.05) is 13.1 Å². The number of piperidine rings is 1. The maximum Gasteiger partial charge on any atom is 0.416 e. The number of halogens is 3. The Bertz CT molecular complexity index is 820. The largest absolute Gasteiger partial charge is 0.416 e. The van der Waals surface area contributed by atoms with Gasteiger partial charge in [-0.25, -0.2) is 4.68 Å². The Morgan fingerprint density at radius 3 is 3.00 bits per heavy atom. The Morgan fingerprint density at radius 1 is 1.35 bits per heavy atom. The molecule has 4 rings (SSSR count). The van der Waals surface area contributed by atoms with Crippen molar-refractivity contribution in [2.45, 2.75) is 37.8 Å². The number of amides is 1. The Labute approximate surface area is 147 Å². The van der Waals surface area contributed by atoms with E-state index in [1.54, 1.807) is 17.2 Å². The van der Waals surface area contributed by atoms with Crippen LogP contribution in [-0.4, -0.2) is 45.0 Å². The smallest absolute Gasteiger partial charge is 0.368 e. The zero-order valence-electron chi connectivity index (χ0n) is 13.8. The van der Waals surface area contributed by atoms with Crippen LogP contribution in [0.2, 0.25) is 0 Å². The van der Waals surface area contributed by atoms with Gasteiger partial charge >= 0.3 is 6.18 Å². The van der Waals surface area contributed by atoms with E-state index < -0.39 is 11.7 Å². The van der Waals surface area contributed by atoms with Gasteiger partial charge in [-0.3, -0.25) is 4.79 Å². The SMILES string of the molecule is O=C(Cc1cccc(C(F)(F)F)c1)N1CC[C@H]2[C@H](C1)OCc1cnnn12. The number of alkyl halides is 3. The van der Waals surface area contributed by atoms with E-state index in [-0.39, 0.29) is 24.5 Å². The summed E-state index contributed by atoms with van der Waals surface area (Å²) in [7, 11) is 0. The maximum atomic E-state index is 12.8. The van der Waals surface area contributed by atoms with Gasteiger partial charge < -0.3 is 9.64 Å². The van der Waals surface area contributed by atoms with Crippen molar-refractivity contribution in [3.63, 3.8) is 0 Å². The topological polar surface area (TPSA) is 60.3 Å². The van der Waals surface area contributed by atoms with E-state index in [1.165, 1.54) is 6.07 Å². The van der Waals surface area contributed by atoms with Crippen LogP contribution in [0, 0.1) is 0 Å². The molecular formula is C17H17F3N4O2. The molecule has 1 aromatic heterocycles. The number of benzene rings is 1. The van der Waals surface area contributed by atoms with E-state index in [0.29, 0.717) is 31.7 Å². The third kappa shape index (κ3) is 3.18. The molecule has 3 heterocycles. The number of hydrogen-bond acceptors (Lipinski definition) is 4. The third-order valence-corrected chi connectivity index (χ3v) is 4.90. The van der Waals surface area contributed by atoms with Crippen LogP contribution in [0.15, 0.2) is 30.5 Å². The first-order valence-electron chi connectivity index (χ1n) is 8.36. The molecule has 0 bridgehead atoms. The lowest BCUT2D eigenvalue weighted by Gasteiger charge is -2.41. The van der Waals surface area contributed by atoms with Crippen molar-refractivity contribution in [1.29, 1.82) is 0 Å². The molecule has 0 radical (unpaired) electrons. The fourth-order valence-corrected chi connectivity index (χ4v) is 3.56. The summed E-state index contributed by atoms with van der Waals surface area (Å²) in [5, 5.41) is 7.98. The summed E-state index contributed by atoms with van der Waals surface area (Å²) < 4.78 is 46.1. The summed E-state index contributed by atoms with van der Waals surface area (Å²) in [6.45, 7) is 1.31. The van der Waals surface area contributed by atoms with E-state index in [2.05, 4.69) is 10.3 Å². The molecular weight excluding hydrogens is 349 g/mol. The zero-order valence-corrected chi connectivity index (χ0v) is 13.8. The molecule has 9 heteroatoms. The first-order chi connectivity index (χ1) is 12.4. The second kappa shape index (κ2) is 6.39. The predicted molar refractivity (Wildman–Crippen MR) is 84.0 cm³/mol. The molecule has 1 saturated heterocycles. The normalized spacial score (nSPS) is 22.7. The van der Waals surface area contributed by atoms with E-state index in [4.69, 9.17) is 4.74 Å². The van der Waals surface area contributed by atoms with Gasteiger partial charge in [0.25, 0.3) is 0 Å². The molecule has 2 aliphatic rings. The van der Waals surface area contributed by atoms with Gasteiger partial charge in [-0.2, -0.15) is 13.2 Å². The van der Waals surface area contributed by atoms with E-state index in [1.807, 2.05) is 4.68 Å². The lowest BCUT2D eigenvalue weighted by Crippen LogP contribution is -2.50. The summed E-state index contributed by atoms with van der Waals surface area (Å²) in [6.07, 6.45) is -2.31. The fourth-order valence-electron chi connectivity index (χ4n) is 3.56. The van der Waals surface area contributed by atoms with Crippen molar-refractivity contribution in [2.24, 2.45) is 0 Å². The van der Waals surface area contributed by atoms with Gasteiger partial charge in [0.05, 0.1) is 42.6 Å². The Hall–Kier alpha value is -2.42. The maximum absolute atomic E-state index is 12.8. The number of fused-ring (bicyclic) bond motifs is 3. The minimum atomic E-state index is -4.41. The number of ether oxygens (including phenoxy) is 1.